The fourth-order valence-corrected chi connectivity index (χ4v) is 2.80. The fourth-order valence-electron chi connectivity index (χ4n) is 2.80. The molecule has 0 spiro atoms. The molecular weight excluding hydrogens is 362 g/mol. The predicted octanol–water partition coefficient (Wildman–Crippen LogP) is 3.21. The third-order valence-corrected chi connectivity index (χ3v) is 4.27. The Kier molecular flexibility index (Phi) is 5.44. The molecule has 0 unspecified atom stereocenters. The van der Waals surface area contributed by atoms with Gasteiger partial charge in [0, 0.05) is 22.7 Å². The third-order valence-electron chi connectivity index (χ3n) is 4.27. The maximum absolute atomic E-state index is 12.1. The summed E-state index contributed by atoms with van der Waals surface area (Å²) in [6.45, 7) is 3.38. The molecule has 144 valence electrons. The van der Waals surface area contributed by atoms with Gasteiger partial charge in [-0.1, -0.05) is 0 Å². The lowest BCUT2D eigenvalue weighted by Crippen LogP contribution is -2.20. The molecule has 0 aliphatic carbocycles. The maximum atomic E-state index is 12.1. The highest BCUT2D eigenvalue weighted by molar-refractivity contribution is 5.94. The van der Waals surface area contributed by atoms with Crippen LogP contribution in [0.3, 0.4) is 0 Å². The number of hydrogen-bond acceptors (Lipinski definition) is 6. The average Bonchev–Trinajstić information content (AvgIpc) is 2.68. The quantitative estimate of drug-likeness (QED) is 0.539. The smallest absolute Gasteiger partial charge is 0.337 e. The number of fused-ring (bicyclic) bond motifs is 1. The predicted molar refractivity (Wildman–Crippen MR) is 104 cm³/mol. The average molecular weight is 381 g/mol. The van der Waals surface area contributed by atoms with Gasteiger partial charge in [0.05, 0.1) is 12.7 Å². The highest BCUT2D eigenvalue weighted by Crippen LogP contribution is 2.28. The first-order valence-corrected chi connectivity index (χ1v) is 8.54. The first kappa shape index (κ1) is 19.2. The maximum Gasteiger partial charge on any atom is 0.337 e. The van der Waals surface area contributed by atoms with Crippen LogP contribution in [-0.2, 0) is 9.53 Å². The van der Waals surface area contributed by atoms with E-state index in [0.717, 1.165) is 10.9 Å². The number of benzene rings is 2. The van der Waals surface area contributed by atoms with Crippen molar-refractivity contribution in [2.45, 2.75) is 13.8 Å². The van der Waals surface area contributed by atoms with Gasteiger partial charge in [-0.15, -0.1) is 0 Å². The van der Waals surface area contributed by atoms with Gasteiger partial charge in [-0.25, -0.2) is 9.59 Å². The van der Waals surface area contributed by atoms with Crippen molar-refractivity contribution in [1.82, 2.24) is 0 Å². The van der Waals surface area contributed by atoms with E-state index in [1.807, 2.05) is 6.92 Å². The number of aryl methyl sites for hydroxylation is 2. The van der Waals surface area contributed by atoms with Crippen LogP contribution in [0.25, 0.3) is 11.0 Å². The second-order valence-electron chi connectivity index (χ2n) is 6.22. The van der Waals surface area contributed by atoms with Crippen molar-refractivity contribution in [2.75, 3.05) is 19.0 Å². The number of ether oxygens (including phenoxy) is 2. The zero-order valence-electron chi connectivity index (χ0n) is 15.7. The molecule has 0 atom stereocenters. The van der Waals surface area contributed by atoms with Gasteiger partial charge in [0.2, 0.25) is 0 Å². The third kappa shape index (κ3) is 4.03. The number of methoxy groups -OCH3 is 1. The zero-order valence-corrected chi connectivity index (χ0v) is 15.7. The Morgan fingerprint density at radius 3 is 2.46 bits per heavy atom. The van der Waals surface area contributed by atoms with E-state index in [-0.39, 0.29) is 12.5 Å². The van der Waals surface area contributed by atoms with E-state index in [0.29, 0.717) is 28.1 Å². The molecule has 1 amide bonds. The summed E-state index contributed by atoms with van der Waals surface area (Å²) in [6, 6.07) is 11.3. The molecular formula is C21H19NO6. The van der Waals surface area contributed by atoms with Gasteiger partial charge >= 0.3 is 11.6 Å². The molecule has 0 bridgehead atoms. The van der Waals surface area contributed by atoms with Crippen molar-refractivity contribution < 1.29 is 23.5 Å². The first-order chi connectivity index (χ1) is 13.4. The van der Waals surface area contributed by atoms with Gasteiger partial charge in [0.1, 0.15) is 11.3 Å². The van der Waals surface area contributed by atoms with Crippen molar-refractivity contribution in [3.63, 3.8) is 0 Å². The summed E-state index contributed by atoms with van der Waals surface area (Å²) in [5.74, 6) is -0.358. The highest BCUT2D eigenvalue weighted by Gasteiger charge is 2.12. The van der Waals surface area contributed by atoms with Crippen molar-refractivity contribution in [3.8, 4) is 5.75 Å². The van der Waals surface area contributed by atoms with Crippen LogP contribution in [0.4, 0.5) is 5.69 Å². The molecule has 28 heavy (non-hydrogen) atoms. The summed E-state index contributed by atoms with van der Waals surface area (Å²) in [6.07, 6.45) is 0. The number of amides is 1. The standard InChI is InChI=1S/C21H19NO6/c1-12-10-19(24)28-20-13(2)17(9-8-16(12)20)27-11-18(23)22-15-6-4-14(5-7-15)21(25)26-3/h4-10H,11H2,1-3H3,(H,22,23). The van der Waals surface area contributed by atoms with Crippen molar-refractivity contribution >= 4 is 28.5 Å². The first-order valence-electron chi connectivity index (χ1n) is 8.54. The number of hydrogen-bond donors (Lipinski definition) is 1. The lowest BCUT2D eigenvalue weighted by Gasteiger charge is -2.11. The summed E-state index contributed by atoms with van der Waals surface area (Å²) in [5.41, 5.74) is 2.39. The van der Waals surface area contributed by atoms with E-state index >= 15 is 0 Å². The summed E-state index contributed by atoms with van der Waals surface area (Å²) in [5, 5.41) is 3.50. The van der Waals surface area contributed by atoms with Crippen LogP contribution in [0, 0.1) is 13.8 Å². The molecule has 1 heterocycles. The van der Waals surface area contributed by atoms with Crippen LogP contribution in [0.15, 0.2) is 51.7 Å². The topological polar surface area (TPSA) is 94.8 Å². The van der Waals surface area contributed by atoms with Gasteiger partial charge in [-0.2, -0.15) is 0 Å². The van der Waals surface area contributed by atoms with E-state index in [1.54, 1.807) is 43.3 Å². The Morgan fingerprint density at radius 1 is 1.07 bits per heavy atom. The normalized spacial score (nSPS) is 10.5. The van der Waals surface area contributed by atoms with Crippen LogP contribution in [0.1, 0.15) is 21.5 Å². The van der Waals surface area contributed by atoms with Gasteiger partial charge < -0.3 is 19.2 Å². The summed E-state index contributed by atoms with van der Waals surface area (Å²) in [4.78, 5) is 35.2. The largest absolute Gasteiger partial charge is 0.483 e. The second kappa shape index (κ2) is 7.96. The molecule has 7 nitrogen and oxygen atoms in total. The minimum atomic E-state index is -0.449. The van der Waals surface area contributed by atoms with Gasteiger partial charge in [-0.05, 0) is 55.8 Å². The van der Waals surface area contributed by atoms with Crippen LogP contribution in [-0.4, -0.2) is 25.6 Å². The van der Waals surface area contributed by atoms with Crippen LogP contribution in [0.5, 0.6) is 5.75 Å². The molecule has 2 aromatic carbocycles. The van der Waals surface area contributed by atoms with Crippen LogP contribution >= 0.6 is 0 Å². The monoisotopic (exact) mass is 381 g/mol. The molecule has 0 radical (unpaired) electrons. The lowest BCUT2D eigenvalue weighted by molar-refractivity contribution is -0.118. The summed E-state index contributed by atoms with van der Waals surface area (Å²) < 4.78 is 15.5. The van der Waals surface area contributed by atoms with Gasteiger partial charge in [-0.3, -0.25) is 4.79 Å². The number of nitrogens with one attached hydrogen (secondary N) is 1. The molecule has 0 fully saturated rings. The fraction of sp³-hybridized carbons (Fsp3) is 0.190. The summed E-state index contributed by atoms with van der Waals surface area (Å²) in [7, 11) is 1.30. The molecule has 0 aliphatic heterocycles. The number of anilines is 1. The molecule has 0 saturated carbocycles. The minimum Gasteiger partial charge on any atom is -0.483 e. The molecule has 3 aromatic rings. The van der Waals surface area contributed by atoms with Crippen molar-refractivity contribution in [1.29, 1.82) is 0 Å². The van der Waals surface area contributed by atoms with Gasteiger partial charge in [0.25, 0.3) is 5.91 Å². The molecule has 0 aliphatic rings. The minimum absolute atomic E-state index is 0.221. The van der Waals surface area contributed by atoms with E-state index < -0.39 is 11.6 Å². The highest BCUT2D eigenvalue weighted by atomic mass is 16.5. The molecule has 0 saturated heterocycles. The molecule has 1 N–H and O–H groups in total. The van der Waals surface area contributed by atoms with Crippen molar-refractivity contribution in [3.05, 3.63) is 69.6 Å². The Labute approximate surface area is 160 Å². The number of rotatable bonds is 5. The van der Waals surface area contributed by atoms with Crippen LogP contribution < -0.4 is 15.7 Å². The van der Waals surface area contributed by atoms with E-state index in [4.69, 9.17) is 9.15 Å². The van der Waals surface area contributed by atoms with E-state index in [2.05, 4.69) is 10.1 Å². The molecule has 7 heteroatoms. The number of esters is 1. The SMILES string of the molecule is COC(=O)c1ccc(NC(=O)COc2ccc3c(C)cc(=O)oc3c2C)cc1. The van der Waals surface area contributed by atoms with Crippen LogP contribution in [0.2, 0.25) is 0 Å². The Morgan fingerprint density at radius 2 is 1.79 bits per heavy atom. The second-order valence-corrected chi connectivity index (χ2v) is 6.22. The van der Waals surface area contributed by atoms with E-state index in [1.165, 1.54) is 13.2 Å². The Balaban J connectivity index is 1.68. The Bertz CT molecular complexity index is 1100. The Hall–Kier alpha value is -3.61. The number of carbonyl (C=O) groups is 2. The molecule has 3 rings (SSSR count). The molecule has 1 aromatic heterocycles. The van der Waals surface area contributed by atoms with Gasteiger partial charge in [0.15, 0.2) is 6.61 Å². The zero-order chi connectivity index (χ0) is 20.3. The van der Waals surface area contributed by atoms with Crippen molar-refractivity contribution in [2.24, 2.45) is 0 Å². The number of carbonyl (C=O) groups excluding carboxylic acids is 2. The summed E-state index contributed by atoms with van der Waals surface area (Å²) >= 11 is 0. The lowest BCUT2D eigenvalue weighted by atomic mass is 10.1. The van der Waals surface area contributed by atoms with E-state index in [9.17, 15) is 14.4 Å².